The van der Waals surface area contributed by atoms with Crippen LogP contribution in [0.25, 0.3) is 0 Å². The number of rotatable bonds is 18. The Kier molecular flexibility index (Phi) is 14.6. The van der Waals surface area contributed by atoms with Gasteiger partial charge in [-0.25, -0.2) is 12.7 Å². The topological polar surface area (TPSA) is 239 Å². The Hall–Kier alpha value is -5.67. The minimum Gasteiger partial charge on any atom is -0.493 e. The Bertz CT molecular complexity index is 2350. The fourth-order valence-corrected chi connectivity index (χ4v) is 9.76. The second-order valence-electron chi connectivity index (χ2n) is 15.7. The fraction of sp³-hybridized carbons (Fsp3) is 0.419. The average molecular weight is 904 g/mol. The molecule has 5 atom stereocenters. The second kappa shape index (κ2) is 20.2. The van der Waals surface area contributed by atoms with E-state index >= 15 is 0 Å². The summed E-state index contributed by atoms with van der Waals surface area (Å²) < 4.78 is 37.1. The predicted molar refractivity (Wildman–Crippen MR) is 229 cm³/mol. The van der Waals surface area contributed by atoms with Crippen LogP contribution in [0.2, 0.25) is 0 Å². The standard InChI is InChI=1S/C43H49N7O11S2/c1-63(58,59)49-19-18-29(22-49)38(53)45-31(39(54)48-43-46-32(25-62-43)28-7-3-2-4-8-28)24-60-23-27-14-12-26(13-15-27)21-44-35(51)11-6-20-61-34-10-5-9-30-37(34)42(57)50(41(30)56)33-16-17-36(52)47-40(33)55/h2-5,7-10,12-15,29,31-33,43,46H,6,11,16-25H2,1H3,(H,44,51)(H,45,53)(H,48,54)(H,47,52,55)/t29?,31-,32?,33?,43?/m0/s1. The number of hydrogen-bond donors (Lipinski definition) is 5. The molecule has 3 fully saturated rings. The van der Waals surface area contributed by atoms with Gasteiger partial charge in [0.2, 0.25) is 39.6 Å². The number of carbonyl (C=O) groups is 7. The van der Waals surface area contributed by atoms with Gasteiger partial charge in [-0.05, 0) is 48.1 Å². The average Bonchev–Trinajstić information content (AvgIpc) is 4.02. The molecule has 4 aliphatic heterocycles. The van der Waals surface area contributed by atoms with Crippen molar-refractivity contribution in [2.24, 2.45) is 5.92 Å². The van der Waals surface area contributed by atoms with E-state index in [1.54, 1.807) is 12.1 Å². The number of hydrogen-bond acceptors (Lipinski definition) is 13. The lowest BCUT2D eigenvalue weighted by Gasteiger charge is -2.27. The summed E-state index contributed by atoms with van der Waals surface area (Å²) in [7, 11) is -3.46. The molecule has 0 spiro atoms. The highest BCUT2D eigenvalue weighted by Crippen LogP contribution is 2.34. The van der Waals surface area contributed by atoms with Crippen LogP contribution >= 0.6 is 11.8 Å². The Balaban J connectivity index is 0.852. The highest BCUT2D eigenvalue weighted by Gasteiger charge is 2.46. The quantitative estimate of drug-likeness (QED) is 0.0896. The number of thioether (sulfide) groups is 1. The maximum atomic E-state index is 13.6. The van der Waals surface area contributed by atoms with Crippen LogP contribution < -0.4 is 31.3 Å². The van der Waals surface area contributed by atoms with Crippen molar-refractivity contribution in [1.29, 1.82) is 0 Å². The number of fused-ring (bicyclic) bond motifs is 1. The third-order valence-electron chi connectivity index (χ3n) is 11.2. The molecule has 4 unspecified atom stereocenters. The van der Waals surface area contributed by atoms with E-state index < -0.39 is 69.0 Å². The van der Waals surface area contributed by atoms with Crippen LogP contribution in [0.5, 0.6) is 5.75 Å². The number of benzene rings is 3. The fourth-order valence-electron chi connectivity index (χ4n) is 7.73. The highest BCUT2D eigenvalue weighted by molar-refractivity contribution is 8.00. The Morgan fingerprint density at radius 2 is 1.70 bits per heavy atom. The van der Waals surface area contributed by atoms with Crippen molar-refractivity contribution in [3.8, 4) is 5.75 Å². The number of ether oxygens (including phenoxy) is 2. The van der Waals surface area contributed by atoms with Crippen molar-refractivity contribution < 1.29 is 51.5 Å². The SMILES string of the molecule is CS(=O)(=O)N1CCC(C(=O)N[C@@H](COCc2ccc(CNC(=O)CCCOc3cccc4c3C(=O)N(C3CCC(=O)NC3=O)C4=O)cc2)C(=O)NC2NC(c3ccccc3)CS2)C1. The molecule has 3 aromatic rings. The molecule has 4 heterocycles. The predicted octanol–water partition coefficient (Wildman–Crippen LogP) is 1.32. The van der Waals surface area contributed by atoms with Crippen molar-refractivity contribution in [2.45, 2.75) is 68.9 Å². The van der Waals surface area contributed by atoms with Crippen molar-refractivity contribution in [1.82, 2.24) is 35.8 Å². The molecule has 4 aliphatic rings. The number of sulfonamides is 1. The van der Waals surface area contributed by atoms with Crippen LogP contribution in [0.15, 0.2) is 72.8 Å². The first-order chi connectivity index (χ1) is 30.2. The van der Waals surface area contributed by atoms with Gasteiger partial charge in [0.15, 0.2) is 0 Å². The lowest BCUT2D eigenvalue weighted by molar-refractivity contribution is -0.136. The third-order valence-corrected chi connectivity index (χ3v) is 13.6. The van der Waals surface area contributed by atoms with E-state index in [1.807, 2.05) is 54.6 Å². The molecule has 0 saturated carbocycles. The van der Waals surface area contributed by atoms with Crippen molar-refractivity contribution >= 4 is 63.1 Å². The van der Waals surface area contributed by atoms with Gasteiger partial charge in [0.05, 0.1) is 43.1 Å². The van der Waals surface area contributed by atoms with Gasteiger partial charge in [-0.1, -0.05) is 60.7 Å². The van der Waals surface area contributed by atoms with E-state index in [0.717, 1.165) is 33.6 Å². The second-order valence-corrected chi connectivity index (χ2v) is 18.8. The van der Waals surface area contributed by atoms with E-state index in [9.17, 15) is 42.0 Å². The maximum Gasteiger partial charge on any atom is 0.266 e. The largest absolute Gasteiger partial charge is 0.493 e. The normalized spacial score (nSPS) is 21.8. The molecule has 5 N–H and O–H groups in total. The van der Waals surface area contributed by atoms with E-state index in [4.69, 9.17) is 9.47 Å². The maximum absolute atomic E-state index is 13.6. The lowest BCUT2D eigenvalue weighted by atomic mass is 10.0. The molecule has 3 aromatic carbocycles. The summed E-state index contributed by atoms with van der Waals surface area (Å²) in [5.74, 6) is -3.26. The molecular weight excluding hydrogens is 855 g/mol. The van der Waals surface area contributed by atoms with Gasteiger partial charge in [0, 0.05) is 44.3 Å². The molecule has 0 radical (unpaired) electrons. The molecular formula is C43H49N7O11S2. The van der Waals surface area contributed by atoms with Crippen LogP contribution in [0.3, 0.4) is 0 Å². The van der Waals surface area contributed by atoms with Gasteiger partial charge in [0.1, 0.15) is 23.3 Å². The third kappa shape index (κ3) is 11.3. The van der Waals surface area contributed by atoms with E-state index in [1.165, 1.54) is 22.1 Å². The number of nitrogens with zero attached hydrogens (tertiary/aromatic N) is 2. The van der Waals surface area contributed by atoms with Crippen molar-refractivity contribution in [3.05, 3.63) is 101 Å². The van der Waals surface area contributed by atoms with Crippen LogP contribution in [0.1, 0.15) is 75.6 Å². The summed E-state index contributed by atoms with van der Waals surface area (Å²) in [4.78, 5) is 90.7. The Labute approximate surface area is 368 Å². The molecule has 20 heteroatoms. The van der Waals surface area contributed by atoms with Crippen molar-refractivity contribution in [2.75, 3.05) is 38.3 Å². The number of nitrogens with one attached hydrogen (secondary N) is 5. The van der Waals surface area contributed by atoms with Gasteiger partial charge in [0.25, 0.3) is 11.8 Å². The summed E-state index contributed by atoms with van der Waals surface area (Å²) >= 11 is 1.54. The summed E-state index contributed by atoms with van der Waals surface area (Å²) in [6.45, 7) is 0.596. The zero-order valence-corrected chi connectivity index (χ0v) is 36.1. The molecule has 3 saturated heterocycles. The first kappa shape index (κ1) is 45.4. The van der Waals surface area contributed by atoms with Gasteiger partial charge < -0.3 is 25.4 Å². The zero-order chi connectivity index (χ0) is 44.7. The molecule has 334 valence electrons. The van der Waals surface area contributed by atoms with Gasteiger partial charge >= 0.3 is 0 Å². The number of piperidine rings is 1. The molecule has 0 aromatic heterocycles. The molecule has 7 amide bonds. The summed E-state index contributed by atoms with van der Waals surface area (Å²) in [6, 6.07) is 19.7. The lowest BCUT2D eigenvalue weighted by Crippen LogP contribution is -2.54. The molecule has 18 nitrogen and oxygen atoms in total. The Morgan fingerprint density at radius 3 is 2.43 bits per heavy atom. The molecule has 0 aliphatic carbocycles. The molecule has 63 heavy (non-hydrogen) atoms. The first-order valence-corrected chi connectivity index (χ1v) is 23.5. The minimum atomic E-state index is -3.46. The van der Waals surface area contributed by atoms with E-state index in [0.29, 0.717) is 12.8 Å². The monoisotopic (exact) mass is 903 g/mol. The molecule has 7 rings (SSSR count). The molecule has 0 bridgehead atoms. The summed E-state index contributed by atoms with van der Waals surface area (Å²) in [5, 5.41) is 14.2. The number of amides is 7. The van der Waals surface area contributed by atoms with Crippen molar-refractivity contribution in [3.63, 3.8) is 0 Å². The van der Waals surface area contributed by atoms with Crippen LogP contribution in [0, 0.1) is 5.92 Å². The summed E-state index contributed by atoms with van der Waals surface area (Å²) in [5.41, 5.74) is 2.46. The van der Waals surface area contributed by atoms with Crippen LogP contribution in [-0.4, -0.2) is 115 Å². The van der Waals surface area contributed by atoms with E-state index in [-0.39, 0.29) is 87.5 Å². The van der Waals surface area contributed by atoms with Crippen LogP contribution in [-0.2, 0) is 51.9 Å². The minimum absolute atomic E-state index is 0.0110. The summed E-state index contributed by atoms with van der Waals surface area (Å²) in [6.07, 6.45) is 1.94. The number of carbonyl (C=O) groups excluding carboxylic acids is 7. The van der Waals surface area contributed by atoms with Gasteiger partial charge in [-0.2, -0.15) is 0 Å². The zero-order valence-electron chi connectivity index (χ0n) is 34.5. The van der Waals surface area contributed by atoms with Gasteiger partial charge in [-0.3, -0.25) is 49.1 Å². The smallest absolute Gasteiger partial charge is 0.266 e. The first-order valence-electron chi connectivity index (χ1n) is 20.6. The highest BCUT2D eigenvalue weighted by atomic mass is 32.2. The Morgan fingerprint density at radius 1 is 0.937 bits per heavy atom. The van der Waals surface area contributed by atoms with E-state index in [2.05, 4.69) is 26.6 Å². The number of imide groups is 2. The van der Waals surface area contributed by atoms with Gasteiger partial charge in [-0.15, -0.1) is 11.8 Å². The van der Waals surface area contributed by atoms with Crippen LogP contribution in [0.4, 0.5) is 0 Å².